The van der Waals surface area contributed by atoms with Crippen molar-refractivity contribution in [3.8, 4) is 6.07 Å². The van der Waals surface area contributed by atoms with Gasteiger partial charge in [-0.15, -0.1) is 0 Å². The summed E-state index contributed by atoms with van der Waals surface area (Å²) in [6.45, 7) is 3.88. The van der Waals surface area contributed by atoms with Crippen LogP contribution < -0.4 is 5.73 Å². The van der Waals surface area contributed by atoms with Crippen LogP contribution in [0, 0.1) is 11.3 Å². The van der Waals surface area contributed by atoms with Crippen LogP contribution in [0.4, 0.5) is 0 Å². The van der Waals surface area contributed by atoms with Gasteiger partial charge in [0.05, 0.1) is 25.0 Å². The number of nitrogens with two attached hydrogens (primary N) is 1. The molecule has 0 fully saturated rings. The van der Waals surface area contributed by atoms with Crippen molar-refractivity contribution < 1.29 is 14.3 Å². The van der Waals surface area contributed by atoms with Gasteiger partial charge in [-0.25, -0.2) is 9.78 Å². The van der Waals surface area contributed by atoms with Crippen LogP contribution in [0.1, 0.15) is 16.2 Å². The first kappa shape index (κ1) is 14.8. The monoisotopic (exact) mass is 261 g/mol. The topological polar surface area (TPSA) is 98.2 Å². The quantitative estimate of drug-likeness (QED) is 0.575. The van der Waals surface area contributed by atoms with Crippen molar-refractivity contribution in [3.05, 3.63) is 42.2 Å². The molecular weight excluding hydrogens is 246 g/mol. The summed E-state index contributed by atoms with van der Waals surface area (Å²) >= 11 is 0. The van der Waals surface area contributed by atoms with Gasteiger partial charge in [0.2, 0.25) is 0 Å². The summed E-state index contributed by atoms with van der Waals surface area (Å²) < 4.78 is 10.1. The van der Waals surface area contributed by atoms with Gasteiger partial charge in [-0.2, -0.15) is 5.26 Å². The number of nitrogens with zero attached hydrogens (tertiary/aromatic N) is 2. The molecule has 0 saturated carbocycles. The Bertz CT molecular complexity index is 482. The molecule has 100 valence electrons. The predicted octanol–water partition coefficient (Wildman–Crippen LogP) is 0.792. The Morgan fingerprint density at radius 1 is 1.63 bits per heavy atom. The van der Waals surface area contributed by atoms with Crippen molar-refractivity contribution >= 4 is 5.97 Å². The van der Waals surface area contributed by atoms with Crippen LogP contribution in [0.15, 0.2) is 30.9 Å². The average Bonchev–Trinajstić information content (AvgIpc) is 2.44. The summed E-state index contributed by atoms with van der Waals surface area (Å²) in [7, 11) is 0. The zero-order valence-corrected chi connectivity index (χ0v) is 10.4. The molecule has 0 amide bonds. The van der Waals surface area contributed by atoms with Gasteiger partial charge in [-0.3, -0.25) is 0 Å². The summed E-state index contributed by atoms with van der Waals surface area (Å²) in [5, 5.41) is 8.49. The van der Waals surface area contributed by atoms with E-state index < -0.39 is 12.0 Å². The second-order valence-electron chi connectivity index (χ2n) is 3.65. The van der Waals surface area contributed by atoms with E-state index in [2.05, 4.69) is 11.6 Å². The fraction of sp³-hybridized carbons (Fsp3) is 0.308. The molecule has 0 bridgehead atoms. The lowest BCUT2D eigenvalue weighted by Gasteiger charge is -2.06. The van der Waals surface area contributed by atoms with Crippen molar-refractivity contribution in [3.63, 3.8) is 0 Å². The molecule has 0 radical (unpaired) electrons. The molecular formula is C13H15N3O3. The van der Waals surface area contributed by atoms with Gasteiger partial charge in [0.1, 0.15) is 18.3 Å². The molecule has 0 aliphatic rings. The van der Waals surface area contributed by atoms with Crippen LogP contribution in [0.2, 0.25) is 0 Å². The van der Waals surface area contributed by atoms with E-state index in [-0.39, 0.29) is 25.5 Å². The lowest BCUT2D eigenvalue weighted by atomic mass is 10.3. The van der Waals surface area contributed by atoms with Crippen LogP contribution in [0.25, 0.3) is 0 Å². The minimum atomic E-state index is -0.666. The summed E-state index contributed by atoms with van der Waals surface area (Å²) in [4.78, 5) is 15.6. The minimum Gasteiger partial charge on any atom is -0.457 e. The number of carbonyl (C=O) groups excluding carboxylic acids is 1. The molecule has 1 rings (SSSR count). The fourth-order valence-corrected chi connectivity index (χ4v) is 1.21. The van der Waals surface area contributed by atoms with Crippen LogP contribution in [0.5, 0.6) is 0 Å². The van der Waals surface area contributed by atoms with Gasteiger partial charge in [-0.05, 0) is 12.1 Å². The molecule has 1 aromatic heterocycles. The van der Waals surface area contributed by atoms with E-state index in [4.69, 9.17) is 20.5 Å². The van der Waals surface area contributed by atoms with E-state index in [0.717, 1.165) is 0 Å². The largest absolute Gasteiger partial charge is 0.457 e. The number of carbonyl (C=O) groups is 1. The third kappa shape index (κ3) is 5.29. The smallest absolute Gasteiger partial charge is 0.357 e. The lowest BCUT2D eigenvalue weighted by molar-refractivity contribution is 0.0541. The second kappa shape index (κ2) is 7.97. The van der Waals surface area contributed by atoms with E-state index in [1.165, 1.54) is 6.08 Å². The van der Waals surface area contributed by atoms with E-state index in [0.29, 0.717) is 5.69 Å². The van der Waals surface area contributed by atoms with E-state index in [1.54, 1.807) is 18.2 Å². The molecule has 1 atom stereocenters. The molecule has 1 heterocycles. The number of esters is 1. The molecule has 0 spiro atoms. The van der Waals surface area contributed by atoms with Gasteiger partial charge >= 0.3 is 5.97 Å². The van der Waals surface area contributed by atoms with Gasteiger partial charge in [0.15, 0.2) is 0 Å². The van der Waals surface area contributed by atoms with Crippen molar-refractivity contribution in [2.45, 2.75) is 12.6 Å². The Kier molecular flexibility index (Phi) is 6.22. The summed E-state index contributed by atoms with van der Waals surface area (Å²) in [6, 6.07) is 6.13. The van der Waals surface area contributed by atoms with Gasteiger partial charge in [-0.1, -0.05) is 18.7 Å². The molecule has 6 heteroatoms. The molecule has 6 nitrogen and oxygen atoms in total. The van der Waals surface area contributed by atoms with Gasteiger partial charge in [0.25, 0.3) is 0 Å². The maximum absolute atomic E-state index is 11.5. The Morgan fingerprint density at radius 3 is 3.11 bits per heavy atom. The summed E-state index contributed by atoms with van der Waals surface area (Å²) in [5.41, 5.74) is 6.15. The van der Waals surface area contributed by atoms with E-state index in [9.17, 15) is 4.79 Å². The third-order valence-corrected chi connectivity index (χ3v) is 2.06. The molecule has 0 saturated heterocycles. The molecule has 1 unspecified atom stereocenters. The molecule has 19 heavy (non-hydrogen) atoms. The Morgan fingerprint density at radius 2 is 2.42 bits per heavy atom. The Labute approximate surface area is 111 Å². The number of pyridine rings is 1. The van der Waals surface area contributed by atoms with Crippen LogP contribution in [-0.4, -0.2) is 30.2 Å². The van der Waals surface area contributed by atoms with Crippen molar-refractivity contribution in [1.82, 2.24) is 4.98 Å². The number of aromatic nitrogens is 1. The van der Waals surface area contributed by atoms with Gasteiger partial charge in [0, 0.05) is 0 Å². The number of hydrogen-bond donors (Lipinski definition) is 1. The number of ether oxygens (including phenoxy) is 2. The van der Waals surface area contributed by atoms with Crippen LogP contribution >= 0.6 is 0 Å². The lowest BCUT2D eigenvalue weighted by Crippen LogP contribution is -2.23. The highest BCUT2D eigenvalue weighted by Crippen LogP contribution is 2.03. The normalized spacial score (nSPS) is 11.4. The Hall–Kier alpha value is -2.23. The number of hydrogen-bond acceptors (Lipinski definition) is 6. The zero-order valence-electron chi connectivity index (χ0n) is 10.4. The third-order valence-electron chi connectivity index (χ3n) is 2.06. The highest BCUT2D eigenvalue weighted by molar-refractivity contribution is 5.87. The second-order valence-corrected chi connectivity index (χ2v) is 3.65. The number of rotatable bonds is 7. The first-order valence-corrected chi connectivity index (χ1v) is 5.64. The van der Waals surface area contributed by atoms with Crippen molar-refractivity contribution in [1.29, 1.82) is 5.26 Å². The van der Waals surface area contributed by atoms with Crippen LogP contribution in [-0.2, 0) is 16.1 Å². The zero-order chi connectivity index (χ0) is 14.1. The summed E-state index contributed by atoms with van der Waals surface area (Å²) in [6.07, 6.45) is 1.48. The molecule has 2 N–H and O–H groups in total. The molecule has 0 aliphatic heterocycles. The number of nitriles is 1. The molecule has 0 aromatic carbocycles. The molecule has 0 aliphatic carbocycles. The first-order valence-electron chi connectivity index (χ1n) is 5.64. The van der Waals surface area contributed by atoms with Crippen molar-refractivity contribution in [2.75, 3.05) is 13.2 Å². The van der Waals surface area contributed by atoms with E-state index >= 15 is 0 Å². The fourth-order valence-electron chi connectivity index (χ4n) is 1.21. The van der Waals surface area contributed by atoms with Gasteiger partial charge < -0.3 is 15.2 Å². The standard InChI is InChI=1S/C13H15N3O3/c1-2-6-19-13(17)12-5-3-4-11(16-12)9-18-8-10(15)7-14/h2-5,10H,1,6,8-9,15H2. The SMILES string of the molecule is C=CCOC(=O)c1cccc(COCC(N)C#N)n1. The highest BCUT2D eigenvalue weighted by atomic mass is 16.5. The van der Waals surface area contributed by atoms with Crippen LogP contribution in [0.3, 0.4) is 0 Å². The highest BCUT2D eigenvalue weighted by Gasteiger charge is 2.09. The average molecular weight is 261 g/mol. The summed E-state index contributed by atoms with van der Waals surface area (Å²) in [5.74, 6) is -0.518. The van der Waals surface area contributed by atoms with E-state index in [1.807, 2.05) is 6.07 Å². The maximum Gasteiger partial charge on any atom is 0.357 e. The predicted molar refractivity (Wildman–Crippen MR) is 68.0 cm³/mol. The minimum absolute atomic E-state index is 0.114. The van der Waals surface area contributed by atoms with Crippen molar-refractivity contribution in [2.24, 2.45) is 5.73 Å². The first-order chi connectivity index (χ1) is 9.17. The maximum atomic E-state index is 11.5. The Balaban J connectivity index is 2.54. The molecule has 1 aromatic rings.